The summed E-state index contributed by atoms with van der Waals surface area (Å²) in [7, 11) is 2.82. The number of nitrogens with one attached hydrogen (secondary N) is 1. The molecular formula is C18H24ClNO4. The molecule has 3 atom stereocenters. The van der Waals surface area contributed by atoms with Crippen LogP contribution in [0.15, 0.2) is 24.3 Å². The van der Waals surface area contributed by atoms with E-state index in [1.807, 2.05) is 6.92 Å². The Morgan fingerprint density at radius 2 is 1.92 bits per heavy atom. The Hall–Kier alpha value is -1.59. The fourth-order valence-corrected chi connectivity index (χ4v) is 3.51. The summed E-state index contributed by atoms with van der Waals surface area (Å²) in [6, 6.07) is 6.89. The number of esters is 1. The summed E-state index contributed by atoms with van der Waals surface area (Å²) in [6.07, 6.45) is 2.55. The SMILES string of the molecule is COC(=O)C1(NC(=O)C(OC)c2ccc(Cl)cc2)CCCCC1C. The third-order valence-electron chi connectivity index (χ3n) is 4.84. The van der Waals surface area contributed by atoms with Crippen LogP contribution in [0.25, 0.3) is 0 Å². The van der Waals surface area contributed by atoms with Crippen LogP contribution in [0.5, 0.6) is 0 Å². The highest BCUT2D eigenvalue weighted by Gasteiger charge is 2.48. The molecule has 0 heterocycles. The van der Waals surface area contributed by atoms with E-state index in [-0.39, 0.29) is 11.8 Å². The van der Waals surface area contributed by atoms with Crippen molar-refractivity contribution in [3.05, 3.63) is 34.9 Å². The predicted molar refractivity (Wildman–Crippen MR) is 91.7 cm³/mol. The number of rotatable bonds is 5. The van der Waals surface area contributed by atoms with Crippen LogP contribution in [0.3, 0.4) is 0 Å². The zero-order valence-electron chi connectivity index (χ0n) is 14.3. The van der Waals surface area contributed by atoms with Crippen LogP contribution < -0.4 is 5.32 Å². The van der Waals surface area contributed by atoms with Crippen LogP contribution in [-0.2, 0) is 19.1 Å². The average molecular weight is 354 g/mol. The van der Waals surface area contributed by atoms with Gasteiger partial charge in [0.2, 0.25) is 0 Å². The van der Waals surface area contributed by atoms with Gasteiger partial charge in [-0.3, -0.25) is 4.79 Å². The van der Waals surface area contributed by atoms with Gasteiger partial charge >= 0.3 is 5.97 Å². The van der Waals surface area contributed by atoms with Crippen molar-refractivity contribution in [2.75, 3.05) is 14.2 Å². The van der Waals surface area contributed by atoms with Crippen LogP contribution in [0, 0.1) is 5.92 Å². The lowest BCUT2D eigenvalue weighted by Gasteiger charge is -2.41. The molecule has 1 amide bonds. The largest absolute Gasteiger partial charge is 0.467 e. The van der Waals surface area contributed by atoms with Gasteiger partial charge in [-0.05, 0) is 36.5 Å². The van der Waals surface area contributed by atoms with Gasteiger partial charge in [0.1, 0.15) is 5.54 Å². The monoisotopic (exact) mass is 353 g/mol. The molecule has 1 aromatic carbocycles. The highest BCUT2D eigenvalue weighted by Crippen LogP contribution is 2.35. The second kappa shape index (κ2) is 7.99. The molecule has 1 saturated carbocycles. The van der Waals surface area contributed by atoms with Gasteiger partial charge in [0.25, 0.3) is 5.91 Å². The summed E-state index contributed by atoms with van der Waals surface area (Å²) in [5, 5.41) is 3.51. The van der Waals surface area contributed by atoms with E-state index < -0.39 is 17.6 Å². The molecule has 1 aliphatic carbocycles. The van der Waals surface area contributed by atoms with E-state index >= 15 is 0 Å². The van der Waals surface area contributed by atoms with Gasteiger partial charge in [-0.15, -0.1) is 0 Å². The van der Waals surface area contributed by atoms with E-state index in [9.17, 15) is 9.59 Å². The molecule has 1 N–H and O–H groups in total. The Morgan fingerprint density at radius 1 is 1.25 bits per heavy atom. The summed E-state index contributed by atoms with van der Waals surface area (Å²) in [6.45, 7) is 1.97. The van der Waals surface area contributed by atoms with Gasteiger partial charge < -0.3 is 14.8 Å². The van der Waals surface area contributed by atoms with Gasteiger partial charge in [-0.25, -0.2) is 4.79 Å². The summed E-state index contributed by atoms with van der Waals surface area (Å²) in [4.78, 5) is 25.3. The fraction of sp³-hybridized carbons (Fsp3) is 0.556. The van der Waals surface area contributed by atoms with Crippen molar-refractivity contribution >= 4 is 23.5 Å². The number of halogens is 1. The lowest BCUT2D eigenvalue weighted by molar-refractivity contribution is -0.157. The molecule has 5 nitrogen and oxygen atoms in total. The van der Waals surface area contributed by atoms with Crippen molar-refractivity contribution in [1.29, 1.82) is 0 Å². The third-order valence-corrected chi connectivity index (χ3v) is 5.09. The van der Waals surface area contributed by atoms with Gasteiger partial charge in [-0.2, -0.15) is 0 Å². The minimum atomic E-state index is -0.993. The first-order chi connectivity index (χ1) is 11.4. The molecule has 0 radical (unpaired) electrons. The Balaban J connectivity index is 2.25. The molecule has 0 aliphatic heterocycles. The number of hydrogen-bond donors (Lipinski definition) is 1. The molecule has 1 fully saturated rings. The molecule has 0 saturated heterocycles. The minimum absolute atomic E-state index is 0.00498. The zero-order chi connectivity index (χ0) is 17.7. The van der Waals surface area contributed by atoms with Crippen molar-refractivity contribution < 1.29 is 19.1 Å². The van der Waals surface area contributed by atoms with E-state index in [0.717, 1.165) is 19.3 Å². The van der Waals surface area contributed by atoms with Crippen LogP contribution in [-0.4, -0.2) is 31.6 Å². The normalized spacial score (nSPS) is 24.9. The Morgan fingerprint density at radius 3 is 2.46 bits per heavy atom. The highest BCUT2D eigenvalue weighted by atomic mass is 35.5. The maximum Gasteiger partial charge on any atom is 0.331 e. The number of hydrogen-bond acceptors (Lipinski definition) is 4. The molecule has 1 aliphatic rings. The molecule has 1 aromatic rings. The van der Waals surface area contributed by atoms with Crippen LogP contribution in [0.4, 0.5) is 0 Å². The highest BCUT2D eigenvalue weighted by molar-refractivity contribution is 6.30. The number of carbonyl (C=O) groups is 2. The first kappa shape index (κ1) is 18.7. The molecule has 2 rings (SSSR count). The predicted octanol–water partition coefficient (Wildman–Crippen LogP) is 3.27. The summed E-state index contributed by atoms with van der Waals surface area (Å²) < 4.78 is 10.4. The van der Waals surface area contributed by atoms with Gasteiger partial charge in [0.05, 0.1) is 7.11 Å². The Labute approximate surface area is 147 Å². The van der Waals surface area contributed by atoms with Crippen molar-refractivity contribution in [2.45, 2.75) is 44.2 Å². The second-order valence-corrected chi connectivity index (χ2v) is 6.70. The van der Waals surface area contributed by atoms with Crippen molar-refractivity contribution in [2.24, 2.45) is 5.92 Å². The lowest BCUT2D eigenvalue weighted by Crippen LogP contribution is -2.61. The van der Waals surface area contributed by atoms with E-state index in [1.165, 1.54) is 14.2 Å². The van der Waals surface area contributed by atoms with E-state index in [0.29, 0.717) is 17.0 Å². The summed E-state index contributed by atoms with van der Waals surface area (Å²) in [5.74, 6) is -0.738. The van der Waals surface area contributed by atoms with Gasteiger partial charge in [-0.1, -0.05) is 43.5 Å². The molecule has 0 aromatic heterocycles. The minimum Gasteiger partial charge on any atom is -0.467 e. The molecule has 6 heteroatoms. The number of methoxy groups -OCH3 is 2. The maximum absolute atomic E-state index is 12.8. The first-order valence-electron chi connectivity index (χ1n) is 8.13. The number of benzene rings is 1. The maximum atomic E-state index is 12.8. The third kappa shape index (κ3) is 3.73. The summed E-state index contributed by atoms with van der Waals surface area (Å²) in [5.41, 5.74) is -0.310. The molecule has 24 heavy (non-hydrogen) atoms. The first-order valence-corrected chi connectivity index (χ1v) is 8.51. The van der Waals surface area contributed by atoms with Crippen molar-refractivity contribution in [3.8, 4) is 0 Å². The van der Waals surface area contributed by atoms with Crippen molar-refractivity contribution in [3.63, 3.8) is 0 Å². The van der Waals surface area contributed by atoms with Crippen molar-refractivity contribution in [1.82, 2.24) is 5.32 Å². The van der Waals surface area contributed by atoms with Gasteiger partial charge in [0, 0.05) is 12.1 Å². The Bertz CT molecular complexity index is 589. The van der Waals surface area contributed by atoms with Crippen LogP contribution >= 0.6 is 11.6 Å². The standard InChI is InChI=1S/C18H24ClNO4/c1-12-6-4-5-11-18(12,17(22)24-3)20-16(21)15(23-2)13-7-9-14(19)10-8-13/h7-10,12,15H,4-6,11H2,1-3H3,(H,20,21). The van der Waals surface area contributed by atoms with E-state index in [1.54, 1.807) is 24.3 Å². The second-order valence-electron chi connectivity index (χ2n) is 6.27. The lowest BCUT2D eigenvalue weighted by atomic mass is 9.73. The smallest absolute Gasteiger partial charge is 0.331 e. The van der Waals surface area contributed by atoms with Crippen LogP contribution in [0.2, 0.25) is 5.02 Å². The van der Waals surface area contributed by atoms with Gasteiger partial charge in [0.15, 0.2) is 6.10 Å². The molecule has 0 bridgehead atoms. The number of ether oxygens (including phenoxy) is 2. The Kier molecular flexibility index (Phi) is 6.24. The molecule has 3 unspecified atom stereocenters. The number of carbonyl (C=O) groups excluding carboxylic acids is 2. The quantitative estimate of drug-likeness (QED) is 0.825. The van der Waals surface area contributed by atoms with E-state index in [4.69, 9.17) is 21.1 Å². The number of amides is 1. The van der Waals surface area contributed by atoms with E-state index in [2.05, 4.69) is 5.32 Å². The molecule has 132 valence electrons. The summed E-state index contributed by atoms with van der Waals surface area (Å²) >= 11 is 5.89. The molecule has 0 spiro atoms. The fourth-order valence-electron chi connectivity index (χ4n) is 3.39. The zero-order valence-corrected chi connectivity index (χ0v) is 15.1. The average Bonchev–Trinajstić information content (AvgIpc) is 2.58. The van der Waals surface area contributed by atoms with Crippen LogP contribution in [0.1, 0.15) is 44.3 Å². The molecular weight excluding hydrogens is 330 g/mol. The topological polar surface area (TPSA) is 64.6 Å².